The predicted molar refractivity (Wildman–Crippen MR) is 140 cm³/mol. The van der Waals surface area contributed by atoms with Gasteiger partial charge in [-0.05, 0) is 65.6 Å². The monoisotopic (exact) mass is 486 g/mol. The van der Waals surface area contributed by atoms with E-state index in [9.17, 15) is 4.79 Å². The van der Waals surface area contributed by atoms with Gasteiger partial charge < -0.3 is 9.72 Å². The Balaban J connectivity index is 1.44. The predicted octanol–water partition coefficient (Wildman–Crippen LogP) is 4.20. The van der Waals surface area contributed by atoms with Gasteiger partial charge in [0.15, 0.2) is 5.82 Å². The van der Waals surface area contributed by atoms with Crippen LogP contribution in [0.1, 0.15) is 54.7 Å². The van der Waals surface area contributed by atoms with Gasteiger partial charge in [-0.2, -0.15) is 0 Å². The SMILES string of the molecule is CC[C@@H](c1nnnn1CCc1ccccc1)N(Cc1cc2cccc(C)c2[nH]c1=O)C[C@H]1CCCO1. The molecular weight excluding hydrogens is 452 g/mol. The van der Waals surface area contributed by atoms with Gasteiger partial charge in [-0.25, -0.2) is 4.68 Å². The van der Waals surface area contributed by atoms with E-state index < -0.39 is 0 Å². The standard InChI is InChI=1S/C28H34N6O2/c1-3-25(27-30-31-32-34(27)15-14-21-10-5-4-6-11-21)33(19-24-13-8-16-36-24)18-23-17-22-12-7-9-20(2)26(22)29-28(23)35/h4-7,9-12,17,24-25H,3,8,13-16,18-19H2,1-2H3,(H,29,35)/t24-,25+/m1/s1. The number of H-pyrrole nitrogens is 1. The lowest BCUT2D eigenvalue weighted by Gasteiger charge is -2.32. The number of nitrogens with one attached hydrogen (secondary N) is 1. The molecule has 8 nitrogen and oxygen atoms in total. The summed E-state index contributed by atoms with van der Waals surface area (Å²) >= 11 is 0. The molecule has 2 atom stereocenters. The van der Waals surface area contributed by atoms with Crippen LogP contribution in [0.2, 0.25) is 0 Å². The minimum Gasteiger partial charge on any atom is -0.377 e. The highest BCUT2D eigenvalue weighted by Gasteiger charge is 2.29. The molecule has 4 aromatic rings. The number of aryl methyl sites for hydroxylation is 3. The Morgan fingerprint density at radius 3 is 2.83 bits per heavy atom. The molecule has 5 rings (SSSR count). The molecule has 0 saturated carbocycles. The van der Waals surface area contributed by atoms with Gasteiger partial charge >= 0.3 is 0 Å². The number of nitrogens with zero attached hydrogens (tertiary/aromatic N) is 5. The number of ether oxygens (including phenoxy) is 1. The molecule has 8 heteroatoms. The molecule has 0 spiro atoms. The van der Waals surface area contributed by atoms with Crippen molar-refractivity contribution in [2.75, 3.05) is 13.2 Å². The molecule has 0 amide bonds. The maximum absolute atomic E-state index is 13.1. The average Bonchev–Trinajstić information content (AvgIpc) is 3.57. The maximum atomic E-state index is 13.1. The summed E-state index contributed by atoms with van der Waals surface area (Å²) in [4.78, 5) is 18.6. The first-order chi connectivity index (χ1) is 17.6. The molecule has 3 heterocycles. The van der Waals surface area contributed by atoms with Crippen LogP contribution in [-0.2, 0) is 24.2 Å². The van der Waals surface area contributed by atoms with Gasteiger partial charge in [0.2, 0.25) is 0 Å². The number of fused-ring (bicyclic) bond motifs is 1. The Hall–Kier alpha value is -3.36. The van der Waals surface area contributed by atoms with Crippen molar-refractivity contribution in [1.82, 2.24) is 30.1 Å². The quantitative estimate of drug-likeness (QED) is 0.361. The number of aromatic nitrogens is 5. The van der Waals surface area contributed by atoms with Crippen molar-refractivity contribution in [2.24, 2.45) is 0 Å². The van der Waals surface area contributed by atoms with Crippen LogP contribution >= 0.6 is 0 Å². The summed E-state index contributed by atoms with van der Waals surface area (Å²) in [5, 5.41) is 13.8. The van der Waals surface area contributed by atoms with E-state index in [1.54, 1.807) is 0 Å². The van der Waals surface area contributed by atoms with Crippen LogP contribution in [0.3, 0.4) is 0 Å². The molecule has 1 aliphatic rings. The Morgan fingerprint density at radius 2 is 2.06 bits per heavy atom. The first kappa shape index (κ1) is 24.3. The summed E-state index contributed by atoms with van der Waals surface area (Å²) in [6.45, 7) is 6.90. The summed E-state index contributed by atoms with van der Waals surface area (Å²) in [6, 6.07) is 18.5. The van der Waals surface area contributed by atoms with Gasteiger partial charge in [-0.1, -0.05) is 55.5 Å². The summed E-state index contributed by atoms with van der Waals surface area (Å²) in [5.41, 5.74) is 3.91. The molecule has 188 valence electrons. The number of tetrazole rings is 1. The van der Waals surface area contributed by atoms with E-state index >= 15 is 0 Å². The van der Waals surface area contributed by atoms with Gasteiger partial charge in [0.1, 0.15) is 0 Å². The molecule has 2 aromatic heterocycles. The molecular formula is C28H34N6O2. The van der Waals surface area contributed by atoms with Crippen molar-refractivity contribution in [3.63, 3.8) is 0 Å². The van der Waals surface area contributed by atoms with Crippen molar-refractivity contribution in [2.45, 2.75) is 64.8 Å². The topological polar surface area (TPSA) is 88.9 Å². The molecule has 2 aromatic carbocycles. The fourth-order valence-corrected chi connectivity index (χ4v) is 5.21. The number of benzene rings is 2. The van der Waals surface area contributed by atoms with Crippen LogP contribution in [0.5, 0.6) is 0 Å². The van der Waals surface area contributed by atoms with Crippen LogP contribution in [0.25, 0.3) is 10.9 Å². The molecule has 0 aliphatic carbocycles. The van der Waals surface area contributed by atoms with E-state index in [0.717, 1.165) is 66.7 Å². The van der Waals surface area contributed by atoms with Gasteiger partial charge in [-0.3, -0.25) is 9.69 Å². The molecule has 1 N–H and O–H groups in total. The van der Waals surface area contributed by atoms with Gasteiger partial charge in [0.05, 0.1) is 17.7 Å². The van der Waals surface area contributed by atoms with Gasteiger partial charge in [0.25, 0.3) is 5.56 Å². The van der Waals surface area contributed by atoms with Crippen molar-refractivity contribution in [1.29, 1.82) is 0 Å². The van der Waals surface area contributed by atoms with Crippen molar-refractivity contribution >= 4 is 10.9 Å². The summed E-state index contributed by atoms with van der Waals surface area (Å²) in [7, 11) is 0. The largest absolute Gasteiger partial charge is 0.377 e. The third-order valence-corrected chi connectivity index (χ3v) is 7.14. The zero-order valence-corrected chi connectivity index (χ0v) is 21.1. The minimum absolute atomic E-state index is 0.0346. The highest BCUT2D eigenvalue weighted by Crippen LogP contribution is 2.27. The molecule has 0 radical (unpaired) electrons. The van der Waals surface area contributed by atoms with Crippen molar-refractivity contribution in [3.8, 4) is 0 Å². The smallest absolute Gasteiger partial charge is 0.252 e. The van der Waals surface area contributed by atoms with Crippen LogP contribution < -0.4 is 5.56 Å². The third kappa shape index (κ3) is 5.39. The van der Waals surface area contributed by atoms with Crippen LogP contribution in [0.4, 0.5) is 0 Å². The van der Waals surface area contributed by atoms with Crippen molar-refractivity contribution < 1.29 is 4.74 Å². The third-order valence-electron chi connectivity index (χ3n) is 7.14. The second-order valence-corrected chi connectivity index (χ2v) is 9.65. The lowest BCUT2D eigenvalue weighted by atomic mass is 10.1. The number of para-hydroxylation sites is 1. The summed E-state index contributed by atoms with van der Waals surface area (Å²) in [5.74, 6) is 0.833. The summed E-state index contributed by atoms with van der Waals surface area (Å²) < 4.78 is 7.91. The Bertz CT molecular complexity index is 1340. The zero-order chi connectivity index (χ0) is 24.9. The fraction of sp³-hybridized carbons (Fsp3) is 0.429. The molecule has 1 saturated heterocycles. The molecule has 0 unspecified atom stereocenters. The highest BCUT2D eigenvalue weighted by molar-refractivity contribution is 5.81. The molecule has 1 fully saturated rings. The number of pyridine rings is 1. The Morgan fingerprint density at radius 1 is 1.19 bits per heavy atom. The van der Waals surface area contributed by atoms with Crippen molar-refractivity contribution in [3.05, 3.63) is 87.5 Å². The second kappa shape index (κ2) is 11.1. The van der Waals surface area contributed by atoms with Crippen LogP contribution in [0.15, 0.2) is 59.4 Å². The van der Waals surface area contributed by atoms with E-state index in [1.807, 2.05) is 41.9 Å². The zero-order valence-electron chi connectivity index (χ0n) is 21.1. The van der Waals surface area contributed by atoms with E-state index in [-0.39, 0.29) is 17.7 Å². The molecule has 0 bridgehead atoms. The fourth-order valence-electron chi connectivity index (χ4n) is 5.21. The highest BCUT2D eigenvalue weighted by atomic mass is 16.5. The molecule has 36 heavy (non-hydrogen) atoms. The minimum atomic E-state index is -0.0485. The number of aromatic amines is 1. The second-order valence-electron chi connectivity index (χ2n) is 9.65. The first-order valence-electron chi connectivity index (χ1n) is 12.9. The number of hydrogen-bond acceptors (Lipinski definition) is 6. The average molecular weight is 487 g/mol. The normalized spacial score (nSPS) is 16.7. The van der Waals surface area contributed by atoms with Crippen LogP contribution in [0, 0.1) is 6.92 Å². The van der Waals surface area contributed by atoms with E-state index in [0.29, 0.717) is 13.1 Å². The maximum Gasteiger partial charge on any atom is 0.252 e. The van der Waals surface area contributed by atoms with E-state index in [2.05, 4.69) is 56.6 Å². The van der Waals surface area contributed by atoms with Crippen LogP contribution in [-0.4, -0.2) is 49.3 Å². The Kier molecular flexibility index (Phi) is 7.53. The van der Waals surface area contributed by atoms with Gasteiger partial charge in [-0.15, -0.1) is 5.10 Å². The summed E-state index contributed by atoms with van der Waals surface area (Å²) in [6.07, 6.45) is 3.92. The van der Waals surface area contributed by atoms with Gasteiger partial charge in [0, 0.05) is 31.8 Å². The lowest BCUT2D eigenvalue weighted by Crippen LogP contribution is -2.37. The lowest BCUT2D eigenvalue weighted by molar-refractivity contribution is 0.0488. The first-order valence-corrected chi connectivity index (χ1v) is 12.9. The van der Waals surface area contributed by atoms with E-state index in [1.165, 1.54) is 5.56 Å². The molecule has 1 aliphatic heterocycles. The number of rotatable bonds is 10. The Labute approximate surface area is 211 Å². The number of hydrogen-bond donors (Lipinski definition) is 1. The van der Waals surface area contributed by atoms with E-state index in [4.69, 9.17) is 4.74 Å².